The number of phenols is 1. The lowest BCUT2D eigenvalue weighted by Crippen LogP contribution is -2.17. The number of halogens is 3. The molecule has 0 saturated carbocycles. The maximum Gasteiger partial charge on any atom is 0.275 e. The van der Waals surface area contributed by atoms with Gasteiger partial charge in [-0.3, -0.25) is 4.79 Å². The number of phenolic OH excluding ortho intramolecular Hbond substituents is 1. The molecule has 3 aromatic carbocycles. The Labute approximate surface area is 186 Å². The number of nitrogens with zero attached hydrogens (tertiary/aromatic N) is 1. The summed E-state index contributed by atoms with van der Waals surface area (Å²) in [5, 5.41) is 14.7. The van der Waals surface area contributed by atoms with Gasteiger partial charge in [-0.15, -0.1) is 0 Å². The smallest absolute Gasteiger partial charge is 0.275 e. The Hall–Kier alpha value is -2.54. The van der Waals surface area contributed by atoms with Gasteiger partial charge in [0.15, 0.2) is 0 Å². The molecule has 0 radical (unpaired) electrons. The monoisotopic (exact) mass is 492 g/mol. The van der Waals surface area contributed by atoms with Crippen LogP contribution in [-0.2, 0) is 6.61 Å². The third kappa shape index (κ3) is 5.73. The molecule has 5 nitrogen and oxygen atoms in total. The SMILES string of the molecule is O=C(N/N=C\c1ccc(OCc2ccc(Cl)cc2Cl)c(Br)c1)c1ccccc1O. The fourth-order valence-electron chi connectivity index (χ4n) is 2.40. The van der Waals surface area contributed by atoms with Crippen molar-refractivity contribution in [1.29, 1.82) is 0 Å². The molecule has 2 N–H and O–H groups in total. The number of hydrogen-bond acceptors (Lipinski definition) is 4. The number of nitrogens with one attached hydrogen (secondary N) is 1. The summed E-state index contributed by atoms with van der Waals surface area (Å²) in [6.07, 6.45) is 1.49. The van der Waals surface area contributed by atoms with Crippen molar-refractivity contribution >= 4 is 51.3 Å². The van der Waals surface area contributed by atoms with Crippen LogP contribution in [0.25, 0.3) is 0 Å². The zero-order valence-corrected chi connectivity index (χ0v) is 18.0. The molecule has 0 fully saturated rings. The number of ether oxygens (including phenoxy) is 1. The molecule has 0 aromatic heterocycles. The number of carbonyl (C=O) groups excluding carboxylic acids is 1. The van der Waals surface area contributed by atoms with Crippen molar-refractivity contribution in [3.63, 3.8) is 0 Å². The number of hydrazone groups is 1. The van der Waals surface area contributed by atoms with Crippen molar-refractivity contribution in [2.24, 2.45) is 5.10 Å². The molecule has 3 rings (SSSR count). The highest BCUT2D eigenvalue weighted by Gasteiger charge is 2.09. The zero-order chi connectivity index (χ0) is 20.8. The Morgan fingerprint density at radius 1 is 1.14 bits per heavy atom. The molecule has 1 amide bonds. The van der Waals surface area contributed by atoms with Gasteiger partial charge in [-0.05, 0) is 64.0 Å². The van der Waals surface area contributed by atoms with E-state index < -0.39 is 5.91 Å². The highest BCUT2D eigenvalue weighted by Crippen LogP contribution is 2.28. The third-order valence-corrected chi connectivity index (χ3v) is 5.09. The third-order valence-electron chi connectivity index (χ3n) is 3.88. The molecular weight excluding hydrogens is 479 g/mol. The van der Waals surface area contributed by atoms with Crippen LogP contribution in [0.2, 0.25) is 10.0 Å². The van der Waals surface area contributed by atoms with E-state index >= 15 is 0 Å². The Bertz CT molecular complexity index is 1070. The normalized spacial score (nSPS) is 10.9. The van der Waals surface area contributed by atoms with Crippen LogP contribution in [0.4, 0.5) is 0 Å². The summed E-state index contributed by atoms with van der Waals surface area (Å²) >= 11 is 15.5. The quantitative estimate of drug-likeness (QED) is 0.336. The number of rotatable bonds is 6. The van der Waals surface area contributed by atoms with Gasteiger partial charge in [-0.2, -0.15) is 5.10 Å². The van der Waals surface area contributed by atoms with Gasteiger partial charge < -0.3 is 9.84 Å². The van der Waals surface area contributed by atoms with Crippen LogP contribution < -0.4 is 10.2 Å². The van der Waals surface area contributed by atoms with Crippen molar-refractivity contribution in [1.82, 2.24) is 5.43 Å². The second-order valence-corrected chi connectivity index (χ2v) is 7.63. The van der Waals surface area contributed by atoms with Gasteiger partial charge in [-0.25, -0.2) is 5.43 Å². The van der Waals surface area contributed by atoms with Crippen LogP contribution in [-0.4, -0.2) is 17.2 Å². The van der Waals surface area contributed by atoms with Crippen LogP contribution in [0.15, 0.2) is 70.2 Å². The number of para-hydroxylation sites is 1. The molecule has 29 heavy (non-hydrogen) atoms. The molecule has 0 aliphatic rings. The number of aromatic hydroxyl groups is 1. The Balaban J connectivity index is 1.61. The van der Waals surface area contributed by atoms with Crippen molar-refractivity contribution in [2.45, 2.75) is 6.61 Å². The second-order valence-electron chi connectivity index (χ2n) is 5.93. The highest BCUT2D eigenvalue weighted by atomic mass is 79.9. The predicted molar refractivity (Wildman–Crippen MR) is 118 cm³/mol. The molecular formula is C21H15BrCl2N2O3. The first-order chi connectivity index (χ1) is 13.9. The van der Waals surface area contributed by atoms with Gasteiger partial charge >= 0.3 is 0 Å². The van der Waals surface area contributed by atoms with E-state index in [1.165, 1.54) is 18.3 Å². The first-order valence-electron chi connectivity index (χ1n) is 8.41. The van der Waals surface area contributed by atoms with Crippen molar-refractivity contribution in [2.75, 3.05) is 0 Å². The molecule has 8 heteroatoms. The number of amides is 1. The van der Waals surface area contributed by atoms with Crippen LogP contribution in [0.5, 0.6) is 11.5 Å². The second kappa shape index (κ2) is 9.78. The average molecular weight is 494 g/mol. The highest BCUT2D eigenvalue weighted by molar-refractivity contribution is 9.10. The average Bonchev–Trinajstić information content (AvgIpc) is 2.69. The predicted octanol–water partition coefficient (Wildman–Crippen LogP) is 5.80. The molecule has 0 atom stereocenters. The van der Waals surface area contributed by atoms with Gasteiger partial charge in [-0.1, -0.05) is 41.4 Å². The number of carbonyl (C=O) groups is 1. The summed E-state index contributed by atoms with van der Waals surface area (Å²) < 4.78 is 6.52. The van der Waals surface area contributed by atoms with E-state index in [1.54, 1.807) is 42.5 Å². The van der Waals surface area contributed by atoms with E-state index in [4.69, 9.17) is 27.9 Å². The summed E-state index contributed by atoms with van der Waals surface area (Å²) in [5.41, 5.74) is 4.09. The van der Waals surface area contributed by atoms with E-state index in [0.29, 0.717) is 22.4 Å². The molecule has 0 aliphatic carbocycles. The fraction of sp³-hybridized carbons (Fsp3) is 0.0476. The zero-order valence-electron chi connectivity index (χ0n) is 14.9. The van der Waals surface area contributed by atoms with Gasteiger partial charge in [0.05, 0.1) is 16.3 Å². The molecule has 148 valence electrons. The lowest BCUT2D eigenvalue weighted by molar-refractivity contribution is 0.0952. The molecule has 0 unspecified atom stereocenters. The molecule has 0 aliphatic heterocycles. The summed E-state index contributed by atoms with van der Waals surface area (Å²) in [6, 6.07) is 16.8. The van der Waals surface area contributed by atoms with Crippen LogP contribution in [0, 0.1) is 0 Å². The maximum absolute atomic E-state index is 12.0. The van der Waals surface area contributed by atoms with E-state index in [1.807, 2.05) is 6.07 Å². The molecule has 0 bridgehead atoms. The Kier molecular flexibility index (Phi) is 7.14. The van der Waals surface area contributed by atoms with Crippen LogP contribution in [0.3, 0.4) is 0 Å². The Morgan fingerprint density at radius 3 is 2.66 bits per heavy atom. The standard InChI is InChI=1S/C21H15BrCl2N2O3/c22-17-9-13(11-25-26-21(28)16-3-1-2-4-19(16)27)5-8-20(17)29-12-14-6-7-15(23)10-18(14)24/h1-11,27H,12H2,(H,26,28)/b25-11-. The summed E-state index contributed by atoms with van der Waals surface area (Å²) in [6.45, 7) is 0.290. The fourth-order valence-corrected chi connectivity index (χ4v) is 3.37. The first kappa shape index (κ1) is 21.2. The molecule has 0 saturated heterocycles. The maximum atomic E-state index is 12.0. The van der Waals surface area contributed by atoms with E-state index in [0.717, 1.165) is 15.6 Å². The first-order valence-corrected chi connectivity index (χ1v) is 9.96. The largest absolute Gasteiger partial charge is 0.507 e. The summed E-state index contributed by atoms with van der Waals surface area (Å²) in [4.78, 5) is 12.0. The molecule has 3 aromatic rings. The minimum absolute atomic E-state index is 0.106. The van der Waals surface area contributed by atoms with Crippen LogP contribution in [0.1, 0.15) is 21.5 Å². The molecule has 0 spiro atoms. The minimum atomic E-state index is -0.502. The Morgan fingerprint density at radius 2 is 1.93 bits per heavy atom. The van der Waals surface area contributed by atoms with Gasteiger partial charge in [0.1, 0.15) is 18.1 Å². The van der Waals surface area contributed by atoms with Crippen molar-refractivity contribution < 1.29 is 14.6 Å². The molecule has 0 heterocycles. The van der Waals surface area contributed by atoms with Gasteiger partial charge in [0.25, 0.3) is 5.91 Å². The van der Waals surface area contributed by atoms with Gasteiger partial charge in [0.2, 0.25) is 0 Å². The van der Waals surface area contributed by atoms with Crippen molar-refractivity contribution in [3.8, 4) is 11.5 Å². The van der Waals surface area contributed by atoms with E-state index in [2.05, 4.69) is 26.5 Å². The minimum Gasteiger partial charge on any atom is -0.507 e. The van der Waals surface area contributed by atoms with Crippen molar-refractivity contribution in [3.05, 3.63) is 91.9 Å². The summed E-state index contributed by atoms with van der Waals surface area (Å²) in [7, 11) is 0. The lowest BCUT2D eigenvalue weighted by Gasteiger charge is -2.10. The lowest BCUT2D eigenvalue weighted by atomic mass is 10.2. The number of hydrogen-bond donors (Lipinski definition) is 2. The number of benzene rings is 3. The van der Waals surface area contributed by atoms with E-state index in [9.17, 15) is 9.90 Å². The van der Waals surface area contributed by atoms with Crippen LogP contribution >= 0.6 is 39.1 Å². The topological polar surface area (TPSA) is 70.9 Å². The summed E-state index contributed by atoms with van der Waals surface area (Å²) in [5.74, 6) is 0.0230. The van der Waals surface area contributed by atoms with Gasteiger partial charge in [0, 0.05) is 15.6 Å². The van der Waals surface area contributed by atoms with E-state index in [-0.39, 0.29) is 11.3 Å².